The number of piperidine rings is 1. The lowest BCUT2D eigenvalue weighted by atomic mass is 9.84. The van der Waals surface area contributed by atoms with Crippen molar-refractivity contribution in [2.75, 3.05) is 23.3 Å². The van der Waals surface area contributed by atoms with Gasteiger partial charge in [0, 0.05) is 18.5 Å². The van der Waals surface area contributed by atoms with Crippen LogP contribution in [0.1, 0.15) is 45.1 Å². The normalized spacial score (nSPS) is 17.7. The molecule has 1 unspecified atom stereocenters. The van der Waals surface area contributed by atoms with Crippen molar-refractivity contribution in [3.05, 3.63) is 84.1 Å². The molecule has 2 aromatic heterocycles. The summed E-state index contributed by atoms with van der Waals surface area (Å²) >= 11 is 0. The van der Waals surface area contributed by atoms with Gasteiger partial charge < -0.3 is 25.2 Å². The number of aliphatic hydroxyl groups is 1. The second kappa shape index (κ2) is 11.1. The van der Waals surface area contributed by atoms with Gasteiger partial charge in [-0.3, -0.25) is 9.78 Å². The van der Waals surface area contributed by atoms with Crippen LogP contribution in [0.5, 0.6) is 0 Å². The van der Waals surface area contributed by atoms with Crippen molar-refractivity contribution in [2.24, 2.45) is 0 Å². The van der Waals surface area contributed by atoms with Crippen LogP contribution in [0.3, 0.4) is 0 Å². The first-order chi connectivity index (χ1) is 18.8. The SMILES string of the molecule is CC(C)(C(=O)O)c1cccc(-c2cccc(Nc3cncc(N4CCCC(OC5=C(O)CCC=C5)C4)n3)n2)c1. The molecule has 1 aromatic carbocycles. The molecule has 1 fully saturated rings. The highest BCUT2D eigenvalue weighted by atomic mass is 16.5. The topological polar surface area (TPSA) is 121 Å². The Hall–Kier alpha value is -4.40. The van der Waals surface area contributed by atoms with Gasteiger partial charge in [0.1, 0.15) is 23.5 Å². The second-order valence-corrected chi connectivity index (χ2v) is 10.4. The zero-order chi connectivity index (χ0) is 27.4. The minimum atomic E-state index is -1.01. The lowest BCUT2D eigenvalue weighted by Gasteiger charge is -2.34. The number of nitrogens with zero attached hydrogens (tertiary/aromatic N) is 4. The Morgan fingerprint density at radius 1 is 1.13 bits per heavy atom. The quantitative estimate of drug-likeness (QED) is 0.336. The van der Waals surface area contributed by atoms with Gasteiger partial charge in [-0.2, -0.15) is 0 Å². The number of aliphatic carboxylic acids is 1. The largest absolute Gasteiger partial charge is 0.508 e. The van der Waals surface area contributed by atoms with E-state index in [-0.39, 0.29) is 6.10 Å². The zero-order valence-corrected chi connectivity index (χ0v) is 22.2. The summed E-state index contributed by atoms with van der Waals surface area (Å²) in [6.07, 6.45) is 10.5. The number of anilines is 3. The summed E-state index contributed by atoms with van der Waals surface area (Å²) in [5.41, 5.74) is 1.25. The van der Waals surface area contributed by atoms with Gasteiger partial charge in [0.15, 0.2) is 11.6 Å². The van der Waals surface area contributed by atoms with Crippen molar-refractivity contribution in [1.29, 1.82) is 0 Å². The van der Waals surface area contributed by atoms with Crippen LogP contribution in [0.4, 0.5) is 17.5 Å². The van der Waals surface area contributed by atoms with Crippen LogP contribution >= 0.6 is 0 Å². The number of ether oxygens (including phenoxy) is 1. The maximum absolute atomic E-state index is 11.7. The van der Waals surface area contributed by atoms with Crippen molar-refractivity contribution in [3.8, 4) is 11.3 Å². The second-order valence-electron chi connectivity index (χ2n) is 10.4. The lowest BCUT2D eigenvalue weighted by molar-refractivity contribution is -0.142. The van der Waals surface area contributed by atoms with E-state index in [1.165, 1.54) is 0 Å². The highest BCUT2D eigenvalue weighted by Crippen LogP contribution is 2.29. The molecule has 202 valence electrons. The third kappa shape index (κ3) is 6.03. The van der Waals surface area contributed by atoms with Crippen molar-refractivity contribution in [3.63, 3.8) is 0 Å². The Morgan fingerprint density at radius 3 is 2.79 bits per heavy atom. The minimum absolute atomic E-state index is 0.0442. The van der Waals surface area contributed by atoms with Crippen molar-refractivity contribution < 1.29 is 19.7 Å². The summed E-state index contributed by atoms with van der Waals surface area (Å²) in [5.74, 6) is 1.91. The molecule has 1 aliphatic heterocycles. The molecule has 3 N–H and O–H groups in total. The molecule has 0 spiro atoms. The van der Waals surface area contributed by atoms with Crippen molar-refractivity contribution in [2.45, 2.75) is 51.0 Å². The fourth-order valence-electron chi connectivity index (χ4n) is 4.71. The number of pyridine rings is 1. The highest BCUT2D eigenvalue weighted by molar-refractivity contribution is 5.81. The van der Waals surface area contributed by atoms with Crippen molar-refractivity contribution in [1.82, 2.24) is 15.0 Å². The Morgan fingerprint density at radius 2 is 1.97 bits per heavy atom. The van der Waals surface area contributed by atoms with E-state index in [9.17, 15) is 15.0 Å². The Kier molecular flexibility index (Phi) is 7.49. The van der Waals surface area contributed by atoms with Gasteiger partial charge in [-0.1, -0.05) is 30.3 Å². The van der Waals surface area contributed by atoms with E-state index in [1.807, 2.05) is 54.6 Å². The van der Waals surface area contributed by atoms with Crippen LogP contribution in [0, 0.1) is 0 Å². The van der Waals surface area contributed by atoms with E-state index in [4.69, 9.17) is 14.7 Å². The number of benzene rings is 1. The van der Waals surface area contributed by atoms with E-state index in [1.54, 1.807) is 26.2 Å². The standard InChI is InChI=1S/C30H33N5O4/c1-30(2,29(37)38)21-9-5-8-20(16-21)23-11-6-14-26(32-23)33-27-17-31-18-28(34-27)35-15-7-10-22(19-35)39-25-13-4-3-12-24(25)36/h4-6,8-9,11,13-14,16-18,22,36H,3,7,10,12,15,19H2,1-2H3,(H,37,38)(H,32,33,34). The molecule has 0 bridgehead atoms. The number of nitrogens with one attached hydrogen (secondary N) is 1. The Bertz CT molecular complexity index is 1420. The van der Waals surface area contributed by atoms with E-state index in [2.05, 4.69) is 15.2 Å². The first-order valence-corrected chi connectivity index (χ1v) is 13.2. The number of aromatic nitrogens is 3. The number of allylic oxidation sites excluding steroid dienone is 3. The predicted octanol–water partition coefficient (Wildman–Crippen LogP) is 5.75. The monoisotopic (exact) mass is 527 g/mol. The predicted molar refractivity (Wildman–Crippen MR) is 150 cm³/mol. The maximum atomic E-state index is 11.7. The van der Waals surface area contributed by atoms with E-state index in [0.29, 0.717) is 41.7 Å². The number of rotatable bonds is 8. The maximum Gasteiger partial charge on any atom is 0.313 e. The average molecular weight is 528 g/mol. The highest BCUT2D eigenvalue weighted by Gasteiger charge is 2.29. The molecule has 3 heterocycles. The summed E-state index contributed by atoms with van der Waals surface area (Å²) in [5, 5.41) is 23.0. The third-order valence-corrected chi connectivity index (χ3v) is 7.14. The Balaban J connectivity index is 1.30. The average Bonchev–Trinajstić information content (AvgIpc) is 2.95. The molecule has 1 atom stereocenters. The molecule has 0 radical (unpaired) electrons. The van der Waals surface area contributed by atoms with Crippen LogP contribution in [0.2, 0.25) is 0 Å². The van der Waals surface area contributed by atoms with E-state index < -0.39 is 11.4 Å². The van der Waals surface area contributed by atoms with Gasteiger partial charge in [-0.25, -0.2) is 9.97 Å². The summed E-state index contributed by atoms with van der Waals surface area (Å²) < 4.78 is 6.11. The zero-order valence-electron chi connectivity index (χ0n) is 22.2. The summed E-state index contributed by atoms with van der Waals surface area (Å²) in [7, 11) is 0. The number of hydrogen-bond donors (Lipinski definition) is 3. The first-order valence-electron chi connectivity index (χ1n) is 13.2. The van der Waals surface area contributed by atoms with Gasteiger partial charge >= 0.3 is 5.97 Å². The fourth-order valence-corrected chi connectivity index (χ4v) is 4.71. The molecule has 5 rings (SSSR count). The van der Waals surface area contributed by atoms with Crippen LogP contribution in [-0.2, 0) is 14.9 Å². The van der Waals surface area contributed by atoms with Crippen LogP contribution in [0.25, 0.3) is 11.3 Å². The molecule has 9 heteroatoms. The lowest BCUT2D eigenvalue weighted by Crippen LogP contribution is -2.40. The molecule has 3 aromatic rings. The molecule has 0 saturated carbocycles. The number of carboxylic acid groups (broad SMARTS) is 1. The van der Waals surface area contributed by atoms with Crippen LogP contribution < -0.4 is 10.2 Å². The minimum Gasteiger partial charge on any atom is -0.508 e. The third-order valence-electron chi connectivity index (χ3n) is 7.14. The molecule has 2 aliphatic rings. The smallest absolute Gasteiger partial charge is 0.313 e. The number of aliphatic hydroxyl groups excluding tert-OH is 1. The molecule has 0 amide bonds. The van der Waals surface area contributed by atoms with Gasteiger partial charge in [-0.05, 0) is 62.9 Å². The molecule has 9 nitrogen and oxygen atoms in total. The van der Waals surface area contributed by atoms with Gasteiger partial charge in [-0.15, -0.1) is 0 Å². The summed E-state index contributed by atoms with van der Waals surface area (Å²) in [4.78, 5) is 27.8. The van der Waals surface area contributed by atoms with Crippen molar-refractivity contribution >= 4 is 23.4 Å². The van der Waals surface area contributed by atoms with Gasteiger partial charge in [0.2, 0.25) is 0 Å². The summed E-state index contributed by atoms with van der Waals surface area (Å²) in [6.45, 7) is 4.88. The van der Waals surface area contributed by atoms with Gasteiger partial charge in [0.05, 0.1) is 30.0 Å². The number of carbonyl (C=O) groups is 1. The number of hydrogen-bond acceptors (Lipinski definition) is 8. The van der Waals surface area contributed by atoms with E-state index >= 15 is 0 Å². The molecular formula is C30H33N5O4. The molecule has 39 heavy (non-hydrogen) atoms. The van der Waals surface area contributed by atoms with Gasteiger partial charge in [0.25, 0.3) is 0 Å². The Labute approximate surface area is 227 Å². The number of carboxylic acids is 1. The van der Waals surface area contributed by atoms with Crippen LogP contribution in [-0.4, -0.2) is 50.3 Å². The first kappa shape index (κ1) is 26.2. The molecular weight excluding hydrogens is 494 g/mol. The fraction of sp³-hybridized carbons (Fsp3) is 0.333. The van der Waals surface area contributed by atoms with Crippen LogP contribution in [0.15, 0.2) is 78.5 Å². The van der Waals surface area contributed by atoms with E-state index in [0.717, 1.165) is 42.9 Å². The molecule has 1 saturated heterocycles. The molecule has 1 aliphatic carbocycles. The summed E-state index contributed by atoms with van der Waals surface area (Å²) in [6, 6.07) is 13.1.